The molecular weight excluding hydrogens is 312 g/mol. The third kappa shape index (κ3) is 2.88. The minimum absolute atomic E-state index is 0.0401. The fourth-order valence-corrected chi connectivity index (χ4v) is 4.28. The number of amides is 1. The molecule has 0 N–H and O–H groups in total. The second kappa shape index (κ2) is 5.68. The van der Waals surface area contributed by atoms with E-state index in [4.69, 9.17) is 0 Å². The molecule has 0 aromatic carbocycles. The van der Waals surface area contributed by atoms with Crippen LogP contribution in [0.2, 0.25) is 0 Å². The van der Waals surface area contributed by atoms with Gasteiger partial charge in [-0.1, -0.05) is 0 Å². The topological polar surface area (TPSA) is 67.2 Å². The predicted molar refractivity (Wildman–Crippen MR) is 86.0 cm³/mol. The molecule has 0 saturated carbocycles. The van der Waals surface area contributed by atoms with Crippen molar-refractivity contribution in [1.29, 1.82) is 0 Å². The molecule has 122 valence electrons. The zero-order valence-electron chi connectivity index (χ0n) is 13.3. The zero-order chi connectivity index (χ0) is 16.0. The maximum absolute atomic E-state index is 12.4. The van der Waals surface area contributed by atoms with Gasteiger partial charge in [0, 0.05) is 45.2 Å². The van der Waals surface area contributed by atoms with Crippen molar-refractivity contribution in [3.8, 4) is 0 Å². The van der Waals surface area contributed by atoms with E-state index in [2.05, 4.69) is 25.3 Å². The van der Waals surface area contributed by atoms with Crippen LogP contribution < -0.4 is 0 Å². The molecule has 8 heteroatoms. The van der Waals surface area contributed by atoms with E-state index in [1.54, 1.807) is 29.4 Å². The largest absolute Gasteiger partial charge is 0.335 e. The predicted octanol–water partition coefficient (Wildman–Crippen LogP) is 0.784. The van der Waals surface area contributed by atoms with E-state index < -0.39 is 0 Å². The first-order valence-corrected chi connectivity index (χ1v) is 8.74. The van der Waals surface area contributed by atoms with Crippen molar-refractivity contribution in [3.05, 3.63) is 28.2 Å². The number of aromatic nitrogens is 4. The summed E-state index contributed by atoms with van der Waals surface area (Å²) in [6, 6.07) is 0. The molecule has 4 rings (SSSR count). The molecule has 2 atom stereocenters. The fourth-order valence-electron chi connectivity index (χ4n) is 3.67. The van der Waals surface area contributed by atoms with E-state index in [0.717, 1.165) is 43.4 Å². The number of hydrogen-bond donors (Lipinski definition) is 0. The van der Waals surface area contributed by atoms with Crippen molar-refractivity contribution >= 4 is 17.2 Å². The maximum atomic E-state index is 12.4. The molecule has 2 aromatic heterocycles. The van der Waals surface area contributed by atoms with Crippen molar-refractivity contribution in [2.24, 2.45) is 18.9 Å². The molecule has 0 unspecified atom stereocenters. The van der Waals surface area contributed by atoms with Gasteiger partial charge in [0.15, 0.2) is 0 Å². The summed E-state index contributed by atoms with van der Waals surface area (Å²) in [7, 11) is 1.78. The van der Waals surface area contributed by atoms with Gasteiger partial charge in [-0.3, -0.25) is 14.4 Å². The van der Waals surface area contributed by atoms with Crippen molar-refractivity contribution in [1.82, 2.24) is 29.5 Å². The van der Waals surface area contributed by atoms with Crippen LogP contribution in [0.15, 0.2) is 11.7 Å². The Bertz CT molecular complexity index is 711. The molecule has 0 aliphatic carbocycles. The molecule has 1 amide bonds. The van der Waals surface area contributed by atoms with Crippen LogP contribution in [0.5, 0.6) is 0 Å². The van der Waals surface area contributed by atoms with E-state index in [-0.39, 0.29) is 5.91 Å². The molecule has 4 heterocycles. The van der Waals surface area contributed by atoms with Gasteiger partial charge in [-0.25, -0.2) is 9.97 Å². The summed E-state index contributed by atoms with van der Waals surface area (Å²) < 4.78 is 1.57. The van der Waals surface area contributed by atoms with Crippen LogP contribution in [-0.4, -0.2) is 61.6 Å². The molecule has 0 radical (unpaired) electrons. The van der Waals surface area contributed by atoms with E-state index in [1.165, 1.54) is 0 Å². The highest BCUT2D eigenvalue weighted by atomic mass is 32.1. The summed E-state index contributed by atoms with van der Waals surface area (Å²) in [5.41, 5.74) is 1.16. The number of hydrogen-bond acceptors (Lipinski definition) is 6. The number of rotatable bonds is 3. The summed E-state index contributed by atoms with van der Waals surface area (Å²) in [6.07, 6.45) is 1.57. The lowest BCUT2D eigenvalue weighted by molar-refractivity contribution is 0.0761. The first kappa shape index (κ1) is 14.8. The second-order valence-corrected chi connectivity index (χ2v) is 7.59. The number of fused-ring (bicyclic) bond motifs is 1. The van der Waals surface area contributed by atoms with Gasteiger partial charge < -0.3 is 4.90 Å². The lowest BCUT2D eigenvalue weighted by atomic mass is 10.0. The number of likely N-dealkylation sites (tertiary alicyclic amines) is 2. The van der Waals surface area contributed by atoms with Crippen LogP contribution in [0.4, 0.5) is 0 Å². The Morgan fingerprint density at radius 2 is 2.04 bits per heavy atom. The van der Waals surface area contributed by atoms with E-state index in [9.17, 15) is 4.79 Å². The van der Waals surface area contributed by atoms with Gasteiger partial charge in [-0.2, -0.15) is 0 Å². The van der Waals surface area contributed by atoms with Crippen LogP contribution in [0.25, 0.3) is 0 Å². The standard InChI is InChI=1S/C15H20N6OS/c1-10-17-13(8-23-10)7-20-3-11-5-21(6-12(11)4-20)15(22)14-16-9-19(2)18-14/h8-9,11-12H,3-7H2,1-2H3/t11-,12-/m1/s1. The second-order valence-electron chi connectivity index (χ2n) is 6.52. The number of thiazole rings is 1. The average molecular weight is 332 g/mol. The highest BCUT2D eigenvalue weighted by Gasteiger charge is 2.42. The van der Waals surface area contributed by atoms with Crippen LogP contribution in [-0.2, 0) is 13.6 Å². The van der Waals surface area contributed by atoms with Gasteiger partial charge in [0.25, 0.3) is 5.91 Å². The Hall–Kier alpha value is -1.80. The van der Waals surface area contributed by atoms with E-state index in [0.29, 0.717) is 17.7 Å². The van der Waals surface area contributed by atoms with Crippen molar-refractivity contribution in [2.75, 3.05) is 26.2 Å². The fraction of sp³-hybridized carbons (Fsp3) is 0.600. The molecule has 0 bridgehead atoms. The summed E-state index contributed by atoms with van der Waals surface area (Å²) >= 11 is 1.71. The minimum atomic E-state index is -0.0401. The minimum Gasteiger partial charge on any atom is -0.335 e. The summed E-state index contributed by atoms with van der Waals surface area (Å²) in [5.74, 6) is 1.38. The lowest BCUT2D eigenvalue weighted by Gasteiger charge is -2.20. The van der Waals surface area contributed by atoms with Gasteiger partial charge in [0.05, 0.1) is 10.7 Å². The van der Waals surface area contributed by atoms with Crippen LogP contribution >= 0.6 is 11.3 Å². The summed E-state index contributed by atoms with van der Waals surface area (Å²) in [4.78, 5) is 25.4. The average Bonchev–Trinajstić information content (AvgIpc) is 3.23. The molecule has 23 heavy (non-hydrogen) atoms. The summed E-state index contributed by atoms with van der Waals surface area (Å²) in [5, 5.41) is 7.39. The monoisotopic (exact) mass is 332 g/mol. The van der Waals surface area contributed by atoms with Gasteiger partial charge >= 0.3 is 0 Å². The Morgan fingerprint density at radius 3 is 2.61 bits per heavy atom. The zero-order valence-corrected chi connectivity index (χ0v) is 14.2. The Labute approximate surface area is 138 Å². The van der Waals surface area contributed by atoms with E-state index in [1.807, 2.05) is 11.8 Å². The molecular formula is C15H20N6OS. The Morgan fingerprint density at radius 1 is 1.30 bits per heavy atom. The number of nitrogens with zero attached hydrogens (tertiary/aromatic N) is 6. The third-order valence-corrected chi connectivity index (χ3v) is 5.51. The molecule has 0 spiro atoms. The first-order valence-electron chi connectivity index (χ1n) is 7.87. The Balaban J connectivity index is 1.35. The van der Waals surface area contributed by atoms with Crippen LogP contribution in [0.1, 0.15) is 21.3 Å². The lowest BCUT2D eigenvalue weighted by Crippen LogP contribution is -2.33. The van der Waals surface area contributed by atoms with Crippen LogP contribution in [0, 0.1) is 18.8 Å². The normalized spacial score (nSPS) is 24.3. The Kier molecular flexibility index (Phi) is 3.65. The molecule has 7 nitrogen and oxygen atoms in total. The van der Waals surface area contributed by atoms with E-state index >= 15 is 0 Å². The smallest absolute Gasteiger partial charge is 0.293 e. The molecule has 2 aliphatic heterocycles. The van der Waals surface area contributed by atoms with Crippen molar-refractivity contribution in [2.45, 2.75) is 13.5 Å². The quantitative estimate of drug-likeness (QED) is 0.831. The highest BCUT2D eigenvalue weighted by Crippen LogP contribution is 2.32. The maximum Gasteiger partial charge on any atom is 0.293 e. The van der Waals surface area contributed by atoms with Gasteiger partial charge in [0.2, 0.25) is 5.82 Å². The number of aryl methyl sites for hydroxylation is 2. The first-order chi connectivity index (χ1) is 11.1. The van der Waals surface area contributed by atoms with Crippen molar-refractivity contribution in [3.63, 3.8) is 0 Å². The molecule has 2 aliphatic rings. The number of carbonyl (C=O) groups is 1. The van der Waals surface area contributed by atoms with Gasteiger partial charge in [0.1, 0.15) is 6.33 Å². The molecule has 2 aromatic rings. The number of carbonyl (C=O) groups excluding carboxylic acids is 1. The summed E-state index contributed by atoms with van der Waals surface area (Å²) in [6.45, 7) is 6.68. The SMILES string of the molecule is Cc1nc(CN2C[C@@H]3CN(C(=O)c4ncn(C)n4)C[C@H]3C2)cs1. The highest BCUT2D eigenvalue weighted by molar-refractivity contribution is 7.09. The van der Waals surface area contributed by atoms with Crippen molar-refractivity contribution < 1.29 is 4.79 Å². The van der Waals surface area contributed by atoms with Crippen LogP contribution in [0.3, 0.4) is 0 Å². The van der Waals surface area contributed by atoms with Gasteiger partial charge in [-0.05, 0) is 18.8 Å². The van der Waals surface area contributed by atoms with Gasteiger partial charge in [-0.15, -0.1) is 16.4 Å². The molecule has 2 saturated heterocycles. The third-order valence-electron chi connectivity index (χ3n) is 4.69. The molecule has 2 fully saturated rings.